The number of ether oxygens (including phenoxy) is 1. The maximum absolute atomic E-state index is 5.79. The van der Waals surface area contributed by atoms with Gasteiger partial charge in [0.2, 0.25) is 0 Å². The van der Waals surface area contributed by atoms with Gasteiger partial charge in [0.25, 0.3) is 0 Å². The number of rotatable bonds is 5. The number of nitrogens with zero attached hydrogens (tertiary/aromatic N) is 1. The Labute approximate surface area is 98.2 Å². The minimum Gasteiger partial charge on any atom is -0.495 e. The fourth-order valence-corrected chi connectivity index (χ4v) is 1.79. The minimum atomic E-state index is 0.526. The summed E-state index contributed by atoms with van der Waals surface area (Å²) in [6.45, 7) is 4.43. The molecule has 1 atom stereocenters. The van der Waals surface area contributed by atoms with Crippen LogP contribution in [0.25, 0.3) is 0 Å². The first-order valence-corrected chi connectivity index (χ1v) is 5.76. The van der Waals surface area contributed by atoms with Gasteiger partial charge in [-0.1, -0.05) is 13.3 Å². The summed E-state index contributed by atoms with van der Waals surface area (Å²) in [6.07, 6.45) is 2.38. The third-order valence-electron chi connectivity index (χ3n) is 2.99. The summed E-state index contributed by atoms with van der Waals surface area (Å²) in [6, 6.07) is 6.44. The van der Waals surface area contributed by atoms with Gasteiger partial charge in [0.15, 0.2) is 0 Å². The van der Waals surface area contributed by atoms with Crippen molar-refractivity contribution in [2.45, 2.75) is 32.7 Å². The van der Waals surface area contributed by atoms with Gasteiger partial charge in [0.1, 0.15) is 5.75 Å². The molecule has 1 unspecified atom stereocenters. The van der Waals surface area contributed by atoms with Crippen LogP contribution in [0.5, 0.6) is 5.75 Å². The van der Waals surface area contributed by atoms with E-state index >= 15 is 0 Å². The van der Waals surface area contributed by atoms with Crippen molar-refractivity contribution in [3.05, 3.63) is 18.2 Å². The molecule has 0 aliphatic rings. The van der Waals surface area contributed by atoms with Gasteiger partial charge < -0.3 is 15.4 Å². The number of anilines is 2. The summed E-state index contributed by atoms with van der Waals surface area (Å²) < 4.78 is 5.22. The van der Waals surface area contributed by atoms with E-state index in [-0.39, 0.29) is 0 Å². The Morgan fingerprint density at radius 2 is 2.12 bits per heavy atom. The van der Waals surface area contributed by atoms with Gasteiger partial charge in [-0.3, -0.25) is 0 Å². The Bertz CT molecular complexity index is 339. The van der Waals surface area contributed by atoms with E-state index in [9.17, 15) is 0 Å². The molecule has 0 spiro atoms. The van der Waals surface area contributed by atoms with E-state index < -0.39 is 0 Å². The fraction of sp³-hybridized carbons (Fsp3) is 0.538. The van der Waals surface area contributed by atoms with Crippen LogP contribution in [0.2, 0.25) is 0 Å². The van der Waals surface area contributed by atoms with Crippen LogP contribution in [-0.4, -0.2) is 20.2 Å². The maximum atomic E-state index is 5.79. The third-order valence-corrected chi connectivity index (χ3v) is 2.99. The Balaban J connectivity index is 2.87. The zero-order valence-electron chi connectivity index (χ0n) is 10.7. The smallest absolute Gasteiger partial charge is 0.143 e. The highest BCUT2D eigenvalue weighted by Gasteiger charge is 2.10. The maximum Gasteiger partial charge on any atom is 0.143 e. The highest BCUT2D eigenvalue weighted by Crippen LogP contribution is 2.28. The summed E-state index contributed by atoms with van der Waals surface area (Å²) in [5, 5.41) is 0. The molecule has 0 radical (unpaired) electrons. The van der Waals surface area contributed by atoms with Crippen LogP contribution in [-0.2, 0) is 0 Å². The van der Waals surface area contributed by atoms with Crippen LogP contribution in [0.1, 0.15) is 26.7 Å². The number of benzene rings is 1. The van der Waals surface area contributed by atoms with Gasteiger partial charge in [0, 0.05) is 24.8 Å². The molecule has 0 aliphatic heterocycles. The SMILES string of the molecule is CCCC(C)N(C)c1ccc(N)c(OC)c1. The van der Waals surface area contributed by atoms with Crippen molar-refractivity contribution in [2.75, 3.05) is 24.8 Å². The molecule has 1 rings (SSSR count). The lowest BCUT2D eigenvalue weighted by Crippen LogP contribution is -2.28. The average molecular weight is 222 g/mol. The van der Waals surface area contributed by atoms with Gasteiger partial charge in [-0.25, -0.2) is 0 Å². The first kappa shape index (κ1) is 12.7. The highest BCUT2D eigenvalue weighted by molar-refractivity contribution is 5.62. The molecule has 16 heavy (non-hydrogen) atoms. The standard InChI is InChI=1S/C13H22N2O/c1-5-6-10(2)15(3)11-7-8-12(14)13(9-11)16-4/h7-10H,5-6,14H2,1-4H3. The molecule has 3 heteroatoms. The van der Waals surface area contributed by atoms with E-state index in [4.69, 9.17) is 10.5 Å². The summed E-state index contributed by atoms with van der Waals surface area (Å²) in [7, 11) is 3.75. The second kappa shape index (κ2) is 5.64. The van der Waals surface area contributed by atoms with Crippen molar-refractivity contribution < 1.29 is 4.74 Å². The van der Waals surface area contributed by atoms with Crippen LogP contribution in [0.15, 0.2) is 18.2 Å². The molecule has 90 valence electrons. The van der Waals surface area contributed by atoms with Crippen molar-refractivity contribution in [1.29, 1.82) is 0 Å². The van der Waals surface area contributed by atoms with E-state index in [2.05, 4.69) is 25.8 Å². The lowest BCUT2D eigenvalue weighted by atomic mass is 10.1. The Morgan fingerprint density at radius 3 is 2.69 bits per heavy atom. The summed E-state index contributed by atoms with van der Waals surface area (Å²) >= 11 is 0. The molecule has 0 saturated carbocycles. The molecule has 0 saturated heterocycles. The number of hydrogen-bond acceptors (Lipinski definition) is 3. The predicted molar refractivity (Wildman–Crippen MR) is 70.2 cm³/mol. The highest BCUT2D eigenvalue weighted by atomic mass is 16.5. The van der Waals surface area contributed by atoms with E-state index in [1.165, 1.54) is 12.8 Å². The largest absolute Gasteiger partial charge is 0.495 e. The van der Waals surface area contributed by atoms with Crippen LogP contribution < -0.4 is 15.4 Å². The quantitative estimate of drug-likeness (QED) is 0.778. The van der Waals surface area contributed by atoms with Crippen LogP contribution in [0.3, 0.4) is 0 Å². The van der Waals surface area contributed by atoms with Crippen LogP contribution in [0.4, 0.5) is 11.4 Å². The van der Waals surface area contributed by atoms with Crippen molar-refractivity contribution >= 4 is 11.4 Å². The van der Waals surface area contributed by atoms with Crippen LogP contribution >= 0.6 is 0 Å². The number of nitrogen functional groups attached to an aromatic ring is 1. The van der Waals surface area contributed by atoms with Crippen molar-refractivity contribution in [1.82, 2.24) is 0 Å². The Hall–Kier alpha value is -1.38. The number of nitrogens with two attached hydrogens (primary N) is 1. The Morgan fingerprint density at radius 1 is 1.44 bits per heavy atom. The lowest BCUT2D eigenvalue weighted by molar-refractivity contribution is 0.417. The second-order valence-corrected chi connectivity index (χ2v) is 4.17. The van der Waals surface area contributed by atoms with E-state index in [0.717, 1.165) is 11.4 Å². The van der Waals surface area contributed by atoms with E-state index in [0.29, 0.717) is 11.7 Å². The van der Waals surface area contributed by atoms with E-state index in [1.807, 2.05) is 18.2 Å². The first-order valence-electron chi connectivity index (χ1n) is 5.76. The average Bonchev–Trinajstić information content (AvgIpc) is 2.29. The third kappa shape index (κ3) is 2.81. The molecule has 2 N–H and O–H groups in total. The van der Waals surface area contributed by atoms with Gasteiger partial charge in [-0.2, -0.15) is 0 Å². The Kier molecular flexibility index (Phi) is 4.47. The second-order valence-electron chi connectivity index (χ2n) is 4.17. The molecule has 1 aromatic carbocycles. The molecule has 0 aliphatic carbocycles. The van der Waals surface area contributed by atoms with Gasteiger partial charge in [-0.15, -0.1) is 0 Å². The number of hydrogen-bond donors (Lipinski definition) is 1. The summed E-state index contributed by atoms with van der Waals surface area (Å²) in [5.41, 5.74) is 7.62. The van der Waals surface area contributed by atoms with Crippen molar-refractivity contribution in [2.24, 2.45) is 0 Å². The summed E-state index contributed by atoms with van der Waals surface area (Å²) in [4.78, 5) is 2.26. The summed E-state index contributed by atoms with van der Waals surface area (Å²) in [5.74, 6) is 0.744. The van der Waals surface area contributed by atoms with Gasteiger partial charge in [-0.05, 0) is 25.5 Å². The minimum absolute atomic E-state index is 0.526. The zero-order valence-corrected chi connectivity index (χ0v) is 10.7. The molecular formula is C13H22N2O. The predicted octanol–water partition coefficient (Wildman–Crippen LogP) is 2.90. The molecule has 3 nitrogen and oxygen atoms in total. The molecule has 0 heterocycles. The van der Waals surface area contributed by atoms with Gasteiger partial charge >= 0.3 is 0 Å². The van der Waals surface area contributed by atoms with Crippen molar-refractivity contribution in [3.8, 4) is 5.75 Å². The first-order chi connectivity index (χ1) is 7.60. The van der Waals surface area contributed by atoms with Crippen molar-refractivity contribution in [3.63, 3.8) is 0 Å². The molecule has 0 amide bonds. The van der Waals surface area contributed by atoms with Gasteiger partial charge in [0.05, 0.1) is 12.8 Å². The molecule has 0 fully saturated rings. The normalized spacial score (nSPS) is 12.2. The molecule has 1 aromatic rings. The lowest BCUT2D eigenvalue weighted by Gasteiger charge is -2.27. The van der Waals surface area contributed by atoms with E-state index in [1.54, 1.807) is 7.11 Å². The molecular weight excluding hydrogens is 200 g/mol. The molecule has 0 bridgehead atoms. The zero-order chi connectivity index (χ0) is 12.1. The van der Waals surface area contributed by atoms with Crippen LogP contribution in [0, 0.1) is 0 Å². The number of methoxy groups -OCH3 is 1. The molecule has 0 aromatic heterocycles. The fourth-order valence-electron chi connectivity index (χ4n) is 1.79. The topological polar surface area (TPSA) is 38.5 Å². The monoisotopic (exact) mass is 222 g/mol.